The van der Waals surface area contributed by atoms with Gasteiger partial charge in [0.2, 0.25) is 11.8 Å². The van der Waals surface area contributed by atoms with Crippen molar-refractivity contribution in [1.29, 1.82) is 0 Å². The maximum Gasteiger partial charge on any atom is 0.338 e. The van der Waals surface area contributed by atoms with Gasteiger partial charge in [0.05, 0.1) is 16.3 Å². The zero-order valence-corrected chi connectivity index (χ0v) is 13.7. The molecule has 2 rings (SSSR count). The van der Waals surface area contributed by atoms with Crippen molar-refractivity contribution in [1.82, 2.24) is 10.9 Å². The minimum absolute atomic E-state index is 0.0582. The molecule has 1 aliphatic rings. The van der Waals surface area contributed by atoms with Crippen LogP contribution >= 0.6 is 11.6 Å². The molecule has 0 saturated carbocycles. The number of ether oxygens (including phenoxy) is 1. The summed E-state index contributed by atoms with van der Waals surface area (Å²) in [7, 11) is 0. The van der Waals surface area contributed by atoms with Crippen LogP contribution in [0, 0.1) is 0 Å². The van der Waals surface area contributed by atoms with Crippen LogP contribution in [-0.4, -0.2) is 36.8 Å². The Morgan fingerprint density at radius 1 is 1.29 bits per heavy atom. The number of nitrogens with zero attached hydrogens (tertiary/aromatic N) is 1. The summed E-state index contributed by atoms with van der Waals surface area (Å²) in [5.41, 5.74) is 4.76. The van der Waals surface area contributed by atoms with Gasteiger partial charge in [0.25, 0.3) is 5.91 Å². The van der Waals surface area contributed by atoms with E-state index < -0.39 is 24.4 Å². The molecule has 1 aromatic carbocycles. The van der Waals surface area contributed by atoms with Crippen molar-refractivity contribution in [2.24, 2.45) is 0 Å². The molecule has 1 fully saturated rings. The van der Waals surface area contributed by atoms with Crippen molar-refractivity contribution >= 4 is 41.0 Å². The summed E-state index contributed by atoms with van der Waals surface area (Å²) in [6.45, 7) is 1.21. The molecule has 1 saturated heterocycles. The Morgan fingerprint density at radius 2 is 2.04 bits per heavy atom. The monoisotopic (exact) mass is 353 g/mol. The van der Waals surface area contributed by atoms with Crippen molar-refractivity contribution in [2.45, 2.75) is 19.8 Å². The molecule has 0 spiro atoms. The molecule has 0 bridgehead atoms. The summed E-state index contributed by atoms with van der Waals surface area (Å²) in [5.74, 6) is -1.93. The number of anilines is 1. The predicted molar refractivity (Wildman–Crippen MR) is 85.3 cm³/mol. The van der Waals surface area contributed by atoms with E-state index in [0.717, 1.165) is 6.42 Å². The molecule has 0 atom stereocenters. The number of hydrogen-bond donors (Lipinski definition) is 2. The molecule has 9 heteroatoms. The van der Waals surface area contributed by atoms with Gasteiger partial charge in [-0.1, -0.05) is 11.6 Å². The van der Waals surface area contributed by atoms with E-state index in [1.807, 2.05) is 0 Å². The molecule has 0 radical (unpaired) electrons. The van der Waals surface area contributed by atoms with Crippen LogP contribution in [0.1, 0.15) is 30.1 Å². The van der Waals surface area contributed by atoms with Crippen LogP contribution in [0.5, 0.6) is 0 Å². The van der Waals surface area contributed by atoms with Gasteiger partial charge in [-0.05, 0) is 24.6 Å². The van der Waals surface area contributed by atoms with E-state index in [-0.39, 0.29) is 11.5 Å². The standard InChI is InChI=1S/C15H16ClN3O5/c1-9(20)17-18-13(21)8-24-15(23)10-4-5-11(16)12(7-10)19-6-2-3-14(19)22/h4-5,7H,2-3,6,8H2,1H3,(H,17,20)(H,18,21). The summed E-state index contributed by atoms with van der Waals surface area (Å²) in [4.78, 5) is 47.4. The normalized spacial score (nSPS) is 13.6. The summed E-state index contributed by atoms with van der Waals surface area (Å²) >= 11 is 6.09. The molecule has 0 aromatic heterocycles. The van der Waals surface area contributed by atoms with Gasteiger partial charge in [0.1, 0.15) is 0 Å². The van der Waals surface area contributed by atoms with Crippen molar-refractivity contribution < 1.29 is 23.9 Å². The first-order chi connectivity index (χ1) is 11.4. The molecule has 24 heavy (non-hydrogen) atoms. The van der Waals surface area contributed by atoms with Gasteiger partial charge in [0.15, 0.2) is 6.61 Å². The van der Waals surface area contributed by atoms with E-state index in [0.29, 0.717) is 23.7 Å². The lowest BCUT2D eigenvalue weighted by Gasteiger charge is -2.18. The fourth-order valence-electron chi connectivity index (χ4n) is 2.16. The SMILES string of the molecule is CC(=O)NNC(=O)COC(=O)c1ccc(Cl)c(N2CCCC2=O)c1. The molecule has 0 unspecified atom stereocenters. The largest absolute Gasteiger partial charge is 0.452 e. The molecule has 3 amide bonds. The van der Waals surface area contributed by atoms with Crippen LogP contribution in [-0.2, 0) is 19.1 Å². The third-order valence-corrected chi connectivity index (χ3v) is 3.58. The van der Waals surface area contributed by atoms with E-state index in [1.165, 1.54) is 30.0 Å². The van der Waals surface area contributed by atoms with Crippen LogP contribution in [0.3, 0.4) is 0 Å². The third kappa shape index (κ3) is 4.45. The van der Waals surface area contributed by atoms with Gasteiger partial charge < -0.3 is 9.64 Å². The second-order valence-electron chi connectivity index (χ2n) is 5.12. The summed E-state index contributed by atoms with van der Waals surface area (Å²) in [6.07, 6.45) is 1.17. The molecule has 128 valence electrons. The maximum atomic E-state index is 12.0. The smallest absolute Gasteiger partial charge is 0.338 e. The second kappa shape index (κ2) is 7.78. The number of nitrogens with one attached hydrogen (secondary N) is 2. The zero-order valence-electron chi connectivity index (χ0n) is 12.9. The van der Waals surface area contributed by atoms with Crippen LogP contribution < -0.4 is 15.8 Å². The summed E-state index contributed by atoms with van der Waals surface area (Å²) in [5, 5.41) is 0.352. The molecule has 2 N–H and O–H groups in total. The number of carbonyl (C=O) groups is 4. The molecular formula is C15H16ClN3O5. The molecule has 1 aliphatic heterocycles. The van der Waals surface area contributed by atoms with Gasteiger partial charge in [-0.2, -0.15) is 0 Å². The number of rotatable bonds is 4. The van der Waals surface area contributed by atoms with Gasteiger partial charge in [0, 0.05) is 19.9 Å². The third-order valence-electron chi connectivity index (χ3n) is 3.26. The van der Waals surface area contributed by atoms with E-state index in [9.17, 15) is 19.2 Å². The Hall–Kier alpha value is -2.61. The first-order valence-electron chi connectivity index (χ1n) is 7.21. The summed E-state index contributed by atoms with van der Waals surface area (Å²) < 4.78 is 4.86. The number of benzene rings is 1. The highest BCUT2D eigenvalue weighted by Gasteiger charge is 2.24. The van der Waals surface area contributed by atoms with Crippen molar-refractivity contribution in [3.63, 3.8) is 0 Å². The Bertz CT molecular complexity index is 692. The summed E-state index contributed by atoms with van der Waals surface area (Å²) in [6, 6.07) is 4.40. The number of halogens is 1. The van der Waals surface area contributed by atoms with E-state index in [2.05, 4.69) is 10.9 Å². The van der Waals surface area contributed by atoms with Crippen LogP contribution in [0.2, 0.25) is 5.02 Å². The minimum atomic E-state index is -0.738. The number of carbonyl (C=O) groups excluding carboxylic acids is 4. The Balaban J connectivity index is 2.01. The molecular weight excluding hydrogens is 338 g/mol. The maximum absolute atomic E-state index is 12.0. The van der Waals surface area contributed by atoms with Crippen LogP contribution in [0.4, 0.5) is 5.69 Å². The number of hydrogen-bond acceptors (Lipinski definition) is 5. The van der Waals surface area contributed by atoms with Gasteiger partial charge >= 0.3 is 5.97 Å². The van der Waals surface area contributed by atoms with Crippen LogP contribution in [0.15, 0.2) is 18.2 Å². The minimum Gasteiger partial charge on any atom is -0.452 e. The molecule has 1 heterocycles. The Morgan fingerprint density at radius 3 is 2.67 bits per heavy atom. The lowest BCUT2D eigenvalue weighted by molar-refractivity contribution is -0.129. The molecule has 1 aromatic rings. The Kier molecular flexibility index (Phi) is 5.75. The predicted octanol–water partition coefficient (Wildman–Crippen LogP) is 0.791. The van der Waals surface area contributed by atoms with Crippen LogP contribution in [0.25, 0.3) is 0 Å². The van der Waals surface area contributed by atoms with E-state index in [4.69, 9.17) is 16.3 Å². The fourth-order valence-corrected chi connectivity index (χ4v) is 2.38. The first-order valence-corrected chi connectivity index (χ1v) is 7.58. The molecule has 8 nitrogen and oxygen atoms in total. The lowest BCUT2D eigenvalue weighted by Crippen LogP contribution is -2.42. The lowest BCUT2D eigenvalue weighted by atomic mass is 10.2. The molecule has 0 aliphatic carbocycles. The first kappa shape index (κ1) is 17.7. The number of amides is 3. The highest BCUT2D eigenvalue weighted by atomic mass is 35.5. The highest BCUT2D eigenvalue weighted by molar-refractivity contribution is 6.34. The van der Waals surface area contributed by atoms with Crippen molar-refractivity contribution in [2.75, 3.05) is 18.1 Å². The zero-order chi connectivity index (χ0) is 17.7. The van der Waals surface area contributed by atoms with E-state index >= 15 is 0 Å². The Labute approximate surface area is 143 Å². The van der Waals surface area contributed by atoms with Gasteiger partial charge in [-0.3, -0.25) is 25.2 Å². The van der Waals surface area contributed by atoms with Gasteiger partial charge in [-0.15, -0.1) is 0 Å². The topological polar surface area (TPSA) is 105 Å². The highest BCUT2D eigenvalue weighted by Crippen LogP contribution is 2.30. The fraction of sp³-hybridized carbons (Fsp3) is 0.333. The quantitative estimate of drug-likeness (QED) is 0.615. The van der Waals surface area contributed by atoms with Gasteiger partial charge in [-0.25, -0.2) is 4.79 Å². The second-order valence-corrected chi connectivity index (χ2v) is 5.53. The van der Waals surface area contributed by atoms with E-state index in [1.54, 1.807) is 0 Å². The van der Waals surface area contributed by atoms with Crippen molar-refractivity contribution in [3.05, 3.63) is 28.8 Å². The average molecular weight is 354 g/mol. The number of esters is 1. The number of hydrazine groups is 1. The van der Waals surface area contributed by atoms with Crippen molar-refractivity contribution in [3.8, 4) is 0 Å². The average Bonchev–Trinajstić information content (AvgIpc) is 2.97.